The van der Waals surface area contributed by atoms with Gasteiger partial charge in [-0.25, -0.2) is 4.39 Å². The Balaban J connectivity index is 1.67. The van der Waals surface area contributed by atoms with E-state index in [0.29, 0.717) is 26.2 Å². The maximum absolute atomic E-state index is 13.2. The van der Waals surface area contributed by atoms with Gasteiger partial charge in [-0.3, -0.25) is 9.69 Å². The van der Waals surface area contributed by atoms with Crippen molar-refractivity contribution in [1.82, 2.24) is 9.80 Å². The molecule has 0 saturated heterocycles. The van der Waals surface area contributed by atoms with E-state index in [0.717, 1.165) is 17.7 Å². The van der Waals surface area contributed by atoms with Crippen LogP contribution in [-0.4, -0.2) is 49.5 Å². The lowest BCUT2D eigenvalue weighted by Gasteiger charge is -2.22. The predicted molar refractivity (Wildman–Crippen MR) is 96.9 cm³/mol. The number of halogens is 1. The van der Waals surface area contributed by atoms with E-state index in [1.54, 1.807) is 18.0 Å². The third kappa shape index (κ3) is 6.93. The summed E-state index contributed by atoms with van der Waals surface area (Å²) in [5.74, 6) is 0.623. The molecule has 25 heavy (non-hydrogen) atoms. The largest absolute Gasteiger partial charge is 0.494 e. The van der Waals surface area contributed by atoms with Crippen molar-refractivity contribution in [3.8, 4) is 5.75 Å². The smallest absolute Gasteiger partial charge is 0.236 e. The van der Waals surface area contributed by atoms with Crippen molar-refractivity contribution in [2.45, 2.75) is 13.0 Å². The van der Waals surface area contributed by atoms with Crippen LogP contribution in [0.5, 0.6) is 5.75 Å². The van der Waals surface area contributed by atoms with Crippen LogP contribution in [0.2, 0.25) is 0 Å². The molecular formula is C20H25FN2O2. The molecule has 0 bridgehead atoms. The number of carbonyl (C=O) groups excluding carboxylic acids is 1. The highest BCUT2D eigenvalue weighted by molar-refractivity contribution is 5.77. The van der Waals surface area contributed by atoms with E-state index < -0.39 is 0 Å². The number of ether oxygens (including phenoxy) is 1. The summed E-state index contributed by atoms with van der Waals surface area (Å²) in [5, 5.41) is 0. The van der Waals surface area contributed by atoms with Crippen LogP contribution in [0.15, 0.2) is 54.6 Å². The summed E-state index contributed by atoms with van der Waals surface area (Å²) in [4.78, 5) is 15.8. The van der Waals surface area contributed by atoms with Gasteiger partial charge in [0.15, 0.2) is 0 Å². The molecule has 0 heterocycles. The molecule has 4 nitrogen and oxygen atoms in total. The lowest BCUT2D eigenvalue weighted by molar-refractivity contribution is -0.131. The van der Waals surface area contributed by atoms with E-state index in [-0.39, 0.29) is 11.7 Å². The summed E-state index contributed by atoms with van der Waals surface area (Å²) in [5.41, 5.74) is 0.856. The van der Waals surface area contributed by atoms with Crippen molar-refractivity contribution in [3.63, 3.8) is 0 Å². The van der Waals surface area contributed by atoms with E-state index >= 15 is 0 Å². The Morgan fingerprint density at radius 1 is 1.08 bits per heavy atom. The summed E-state index contributed by atoms with van der Waals surface area (Å²) in [6.07, 6.45) is 0.769. The second-order valence-electron chi connectivity index (χ2n) is 6.13. The van der Waals surface area contributed by atoms with Gasteiger partial charge in [0, 0.05) is 20.1 Å². The van der Waals surface area contributed by atoms with Crippen molar-refractivity contribution in [3.05, 3.63) is 66.0 Å². The third-order valence-electron chi connectivity index (χ3n) is 3.82. The molecule has 2 rings (SSSR count). The van der Waals surface area contributed by atoms with Crippen molar-refractivity contribution in [2.24, 2.45) is 0 Å². The van der Waals surface area contributed by atoms with Crippen LogP contribution in [0.4, 0.5) is 4.39 Å². The quantitative estimate of drug-likeness (QED) is 0.655. The predicted octanol–water partition coefficient (Wildman–Crippen LogP) is 3.19. The average molecular weight is 344 g/mol. The van der Waals surface area contributed by atoms with Gasteiger partial charge < -0.3 is 9.64 Å². The van der Waals surface area contributed by atoms with Gasteiger partial charge >= 0.3 is 0 Å². The SMILES string of the molecule is CN(CC(=O)N(C)CCCOc1ccccc1)Cc1cccc(F)c1. The molecule has 0 saturated carbocycles. The number of amides is 1. The van der Waals surface area contributed by atoms with Gasteiger partial charge in [0.1, 0.15) is 11.6 Å². The zero-order valence-corrected chi connectivity index (χ0v) is 14.8. The third-order valence-corrected chi connectivity index (χ3v) is 3.82. The van der Waals surface area contributed by atoms with Gasteiger partial charge in [0.2, 0.25) is 5.91 Å². The van der Waals surface area contributed by atoms with Crippen molar-refractivity contribution in [2.75, 3.05) is 33.8 Å². The maximum atomic E-state index is 13.2. The van der Waals surface area contributed by atoms with E-state index in [1.807, 2.05) is 48.3 Å². The minimum Gasteiger partial charge on any atom is -0.494 e. The van der Waals surface area contributed by atoms with E-state index in [1.165, 1.54) is 12.1 Å². The van der Waals surface area contributed by atoms with Gasteiger partial charge in [0.05, 0.1) is 13.2 Å². The molecule has 0 unspecified atom stereocenters. The Bertz CT molecular complexity index is 664. The lowest BCUT2D eigenvalue weighted by Crippen LogP contribution is -2.37. The van der Waals surface area contributed by atoms with E-state index in [4.69, 9.17) is 4.74 Å². The molecule has 2 aromatic rings. The zero-order chi connectivity index (χ0) is 18.1. The molecule has 134 valence electrons. The first-order chi connectivity index (χ1) is 12.0. The van der Waals surface area contributed by atoms with E-state index in [2.05, 4.69) is 0 Å². The summed E-state index contributed by atoms with van der Waals surface area (Å²) >= 11 is 0. The van der Waals surface area contributed by atoms with Gasteiger partial charge in [-0.15, -0.1) is 0 Å². The highest BCUT2D eigenvalue weighted by Crippen LogP contribution is 2.09. The molecule has 0 aliphatic heterocycles. The fourth-order valence-corrected chi connectivity index (χ4v) is 2.49. The van der Waals surface area contributed by atoms with Crippen LogP contribution in [0, 0.1) is 5.82 Å². The molecule has 0 aliphatic carbocycles. The van der Waals surface area contributed by atoms with Crippen LogP contribution in [0.3, 0.4) is 0 Å². The van der Waals surface area contributed by atoms with Crippen LogP contribution >= 0.6 is 0 Å². The molecule has 0 radical (unpaired) electrons. The second-order valence-corrected chi connectivity index (χ2v) is 6.13. The first kappa shape index (κ1) is 18.9. The van der Waals surface area contributed by atoms with Crippen LogP contribution < -0.4 is 4.74 Å². The number of carbonyl (C=O) groups is 1. The lowest BCUT2D eigenvalue weighted by atomic mass is 10.2. The van der Waals surface area contributed by atoms with Gasteiger partial charge in [-0.2, -0.15) is 0 Å². The van der Waals surface area contributed by atoms with Gasteiger partial charge in [-0.05, 0) is 43.3 Å². The molecule has 0 spiro atoms. The molecule has 0 N–H and O–H groups in total. The highest BCUT2D eigenvalue weighted by atomic mass is 19.1. The Labute approximate surface area is 148 Å². The van der Waals surface area contributed by atoms with Crippen LogP contribution in [0.1, 0.15) is 12.0 Å². The first-order valence-corrected chi connectivity index (χ1v) is 8.39. The number of para-hydroxylation sites is 1. The fraction of sp³-hybridized carbons (Fsp3) is 0.350. The first-order valence-electron chi connectivity index (χ1n) is 8.39. The number of benzene rings is 2. The summed E-state index contributed by atoms with van der Waals surface area (Å²) in [7, 11) is 3.65. The van der Waals surface area contributed by atoms with Crippen molar-refractivity contribution >= 4 is 5.91 Å². The number of hydrogen-bond acceptors (Lipinski definition) is 3. The molecular weight excluding hydrogens is 319 g/mol. The Kier molecular flexibility index (Phi) is 7.41. The monoisotopic (exact) mass is 344 g/mol. The van der Waals surface area contributed by atoms with Gasteiger partial charge in [0.25, 0.3) is 0 Å². The molecule has 0 aromatic heterocycles. The van der Waals surface area contributed by atoms with Crippen LogP contribution in [0.25, 0.3) is 0 Å². The Morgan fingerprint density at radius 2 is 1.84 bits per heavy atom. The van der Waals surface area contributed by atoms with Crippen LogP contribution in [-0.2, 0) is 11.3 Å². The molecule has 1 amide bonds. The fourth-order valence-electron chi connectivity index (χ4n) is 2.49. The second kappa shape index (κ2) is 9.79. The number of hydrogen-bond donors (Lipinski definition) is 0. The minimum atomic E-state index is -0.257. The highest BCUT2D eigenvalue weighted by Gasteiger charge is 2.12. The topological polar surface area (TPSA) is 32.8 Å². The molecule has 5 heteroatoms. The summed E-state index contributed by atoms with van der Waals surface area (Å²) in [6.45, 7) is 2.04. The van der Waals surface area contributed by atoms with E-state index in [9.17, 15) is 9.18 Å². The summed E-state index contributed by atoms with van der Waals surface area (Å²) < 4.78 is 18.8. The Morgan fingerprint density at radius 3 is 2.56 bits per heavy atom. The molecule has 0 atom stereocenters. The summed E-state index contributed by atoms with van der Waals surface area (Å²) in [6, 6.07) is 16.1. The molecule has 0 aliphatic rings. The van der Waals surface area contributed by atoms with Gasteiger partial charge in [-0.1, -0.05) is 30.3 Å². The van der Waals surface area contributed by atoms with Crippen molar-refractivity contribution < 1.29 is 13.9 Å². The standard InChI is InChI=1S/C20H25FN2O2/c1-22(15-17-8-6-9-18(21)14-17)16-20(24)23(2)12-7-13-25-19-10-4-3-5-11-19/h3-6,8-11,14H,7,12-13,15-16H2,1-2H3. The minimum absolute atomic E-state index is 0.0404. The maximum Gasteiger partial charge on any atom is 0.236 e. The number of rotatable bonds is 9. The zero-order valence-electron chi connectivity index (χ0n) is 14.8. The Hall–Kier alpha value is -2.40. The number of nitrogens with zero attached hydrogens (tertiary/aromatic N) is 2. The van der Waals surface area contributed by atoms with Crippen molar-refractivity contribution in [1.29, 1.82) is 0 Å². The molecule has 2 aromatic carbocycles. The number of likely N-dealkylation sites (N-methyl/N-ethyl adjacent to an activating group) is 2. The normalized spacial score (nSPS) is 10.7. The molecule has 0 fully saturated rings. The average Bonchev–Trinajstić information content (AvgIpc) is 2.59.